The quantitative estimate of drug-likeness (QED) is 0.617. The first kappa shape index (κ1) is 18.7. The topological polar surface area (TPSA) is 68.0 Å². The molecule has 3 heterocycles. The van der Waals surface area contributed by atoms with Crippen molar-refractivity contribution in [2.45, 2.75) is 19.8 Å². The number of carbonyl (C=O) groups is 1. The predicted octanol–water partition coefficient (Wildman–Crippen LogP) is 4.98. The van der Waals surface area contributed by atoms with Gasteiger partial charge in [0.15, 0.2) is 5.78 Å². The molecule has 4 rings (SSSR count). The molecule has 5 nitrogen and oxygen atoms in total. The van der Waals surface area contributed by atoms with Crippen molar-refractivity contribution in [1.29, 1.82) is 5.41 Å². The van der Waals surface area contributed by atoms with Crippen LogP contribution in [0.25, 0.3) is 11.8 Å². The van der Waals surface area contributed by atoms with Gasteiger partial charge in [-0.25, -0.2) is 4.98 Å². The molecule has 1 saturated heterocycles. The molecule has 0 amide bonds. The van der Waals surface area contributed by atoms with Gasteiger partial charge in [0.2, 0.25) is 0 Å². The average Bonchev–Trinajstić information content (AvgIpc) is 3.36. The number of hydrogen-bond acceptors (Lipinski definition) is 6. The molecule has 3 aromatic rings. The highest BCUT2D eigenvalue weighted by Crippen LogP contribution is 2.41. The normalized spacial score (nSPS) is 18.2. The number of nitrogens with zero attached hydrogens (tertiary/aromatic N) is 2. The highest BCUT2D eigenvalue weighted by molar-refractivity contribution is 8.19. The lowest BCUT2D eigenvalue weighted by molar-refractivity contribution is -0.114. The van der Waals surface area contributed by atoms with Crippen LogP contribution in [0.4, 0.5) is 0 Å². The number of Topliss-reactive ketones (excluding diaryl/α,β-unsaturated/α-hetero) is 1. The van der Waals surface area contributed by atoms with Gasteiger partial charge in [0.1, 0.15) is 16.7 Å². The molecule has 1 N–H and O–H groups in total. The van der Waals surface area contributed by atoms with Crippen LogP contribution < -0.4 is 4.74 Å². The minimum Gasteiger partial charge on any atom is -0.497 e. The number of aryl methyl sites for hydroxylation is 1. The third kappa shape index (κ3) is 3.21. The maximum atomic E-state index is 12.9. The molecular weight excluding hydrogens is 390 g/mol. The van der Waals surface area contributed by atoms with E-state index in [1.165, 1.54) is 23.1 Å². The van der Waals surface area contributed by atoms with Crippen molar-refractivity contribution in [3.05, 3.63) is 68.8 Å². The van der Waals surface area contributed by atoms with Crippen LogP contribution in [0, 0.1) is 19.3 Å². The molecule has 1 fully saturated rings. The van der Waals surface area contributed by atoms with E-state index in [2.05, 4.69) is 15.6 Å². The van der Waals surface area contributed by atoms with Gasteiger partial charge < -0.3 is 9.30 Å². The minimum absolute atomic E-state index is 0.0424. The number of thiazole rings is 1. The van der Waals surface area contributed by atoms with E-state index in [0.717, 1.165) is 28.4 Å². The standard InChI is InChI=1S/C21H19N3O2S2/c1-12-10-14(13(2)24(12)15-4-6-16(26-3)7-5-15)11-17-19(25)18(20(22)28-17)21-23-8-9-27-21/h4-11,18,22H,1-3H3/b17-11-,22-20?/t18-/m0/s1. The number of methoxy groups -OCH3 is 1. The van der Waals surface area contributed by atoms with Gasteiger partial charge in [0, 0.05) is 28.7 Å². The molecule has 2 aromatic heterocycles. The molecule has 1 aliphatic heterocycles. The molecular formula is C21H19N3O2S2. The van der Waals surface area contributed by atoms with Crippen molar-refractivity contribution in [3.63, 3.8) is 0 Å². The molecule has 0 saturated carbocycles. The highest BCUT2D eigenvalue weighted by Gasteiger charge is 2.38. The van der Waals surface area contributed by atoms with E-state index < -0.39 is 5.92 Å². The maximum absolute atomic E-state index is 12.9. The lowest BCUT2D eigenvalue weighted by atomic mass is 10.1. The van der Waals surface area contributed by atoms with Gasteiger partial charge >= 0.3 is 0 Å². The average molecular weight is 410 g/mol. The third-order valence-corrected chi connectivity index (χ3v) is 6.61. The van der Waals surface area contributed by atoms with Crippen LogP contribution in [0.1, 0.15) is 27.9 Å². The Hall–Kier alpha value is -2.64. The first-order valence-corrected chi connectivity index (χ1v) is 10.4. The van der Waals surface area contributed by atoms with Gasteiger partial charge in [-0.05, 0) is 55.8 Å². The Balaban J connectivity index is 1.69. The molecule has 0 spiro atoms. The second kappa shape index (κ2) is 7.41. The molecule has 142 valence electrons. The number of thioether (sulfide) groups is 1. The summed E-state index contributed by atoms with van der Waals surface area (Å²) < 4.78 is 7.39. The van der Waals surface area contributed by atoms with Crippen molar-refractivity contribution < 1.29 is 9.53 Å². The number of ether oxygens (including phenoxy) is 1. The summed E-state index contributed by atoms with van der Waals surface area (Å²) in [6.45, 7) is 4.08. The van der Waals surface area contributed by atoms with E-state index in [1.54, 1.807) is 13.3 Å². The number of benzene rings is 1. The predicted molar refractivity (Wildman–Crippen MR) is 115 cm³/mol. The van der Waals surface area contributed by atoms with E-state index in [-0.39, 0.29) is 5.78 Å². The molecule has 1 aromatic carbocycles. The Morgan fingerprint density at radius 1 is 1.25 bits per heavy atom. The van der Waals surface area contributed by atoms with Crippen LogP contribution in [-0.2, 0) is 4.79 Å². The largest absolute Gasteiger partial charge is 0.497 e. The second-order valence-electron chi connectivity index (χ2n) is 6.50. The summed E-state index contributed by atoms with van der Waals surface area (Å²) in [5.74, 6) is 0.216. The zero-order chi connectivity index (χ0) is 19.8. The van der Waals surface area contributed by atoms with Crippen LogP contribution in [0.2, 0.25) is 0 Å². The molecule has 0 bridgehead atoms. The van der Waals surface area contributed by atoms with Crippen molar-refractivity contribution in [2.24, 2.45) is 0 Å². The Bertz CT molecular complexity index is 1080. The molecule has 0 radical (unpaired) electrons. The van der Waals surface area contributed by atoms with Crippen LogP contribution in [0.5, 0.6) is 5.75 Å². The van der Waals surface area contributed by atoms with E-state index in [9.17, 15) is 4.79 Å². The van der Waals surface area contributed by atoms with Crippen molar-refractivity contribution in [2.75, 3.05) is 7.11 Å². The number of nitrogens with one attached hydrogen (secondary N) is 1. The fourth-order valence-electron chi connectivity index (χ4n) is 3.39. The van der Waals surface area contributed by atoms with E-state index in [1.807, 2.05) is 49.6 Å². The molecule has 0 unspecified atom stereocenters. The monoisotopic (exact) mass is 409 g/mol. The number of hydrogen-bond donors (Lipinski definition) is 1. The Morgan fingerprint density at radius 2 is 2.00 bits per heavy atom. The summed E-state index contributed by atoms with van der Waals surface area (Å²) >= 11 is 2.65. The summed E-state index contributed by atoms with van der Waals surface area (Å²) in [4.78, 5) is 17.7. The van der Waals surface area contributed by atoms with Gasteiger partial charge in [-0.15, -0.1) is 11.3 Å². The zero-order valence-electron chi connectivity index (χ0n) is 15.7. The number of carbonyl (C=O) groups excluding carboxylic acids is 1. The third-order valence-electron chi connectivity index (χ3n) is 4.77. The number of aromatic nitrogens is 2. The number of rotatable bonds is 4. The van der Waals surface area contributed by atoms with Crippen LogP contribution in [-0.4, -0.2) is 27.5 Å². The summed E-state index contributed by atoms with van der Waals surface area (Å²) in [7, 11) is 1.65. The molecule has 1 aliphatic rings. The van der Waals surface area contributed by atoms with Crippen molar-refractivity contribution in [3.8, 4) is 11.4 Å². The summed E-state index contributed by atoms with van der Waals surface area (Å²) in [6, 6.07) is 9.96. The number of ketones is 1. The van der Waals surface area contributed by atoms with Crippen molar-refractivity contribution in [1.82, 2.24) is 9.55 Å². The Morgan fingerprint density at radius 3 is 2.64 bits per heavy atom. The van der Waals surface area contributed by atoms with Gasteiger partial charge in [0.05, 0.1) is 17.1 Å². The minimum atomic E-state index is -0.554. The smallest absolute Gasteiger partial charge is 0.186 e. The zero-order valence-corrected chi connectivity index (χ0v) is 17.4. The van der Waals surface area contributed by atoms with Crippen LogP contribution in [0.3, 0.4) is 0 Å². The van der Waals surface area contributed by atoms with E-state index in [4.69, 9.17) is 10.1 Å². The highest BCUT2D eigenvalue weighted by atomic mass is 32.2. The molecule has 0 aliphatic carbocycles. The number of allylic oxidation sites excluding steroid dienone is 1. The molecule has 1 atom stereocenters. The van der Waals surface area contributed by atoms with Crippen LogP contribution >= 0.6 is 23.1 Å². The first-order valence-electron chi connectivity index (χ1n) is 8.74. The Kier molecular flexibility index (Phi) is 4.95. The van der Waals surface area contributed by atoms with Gasteiger partial charge in [-0.3, -0.25) is 10.2 Å². The van der Waals surface area contributed by atoms with Gasteiger partial charge in [0.25, 0.3) is 0 Å². The van der Waals surface area contributed by atoms with E-state index >= 15 is 0 Å². The SMILES string of the molecule is COc1ccc(-n2c(C)cc(/C=C3\SC(=N)[C@@H](c4nccs4)C3=O)c2C)cc1. The first-order chi connectivity index (χ1) is 13.5. The fourth-order valence-corrected chi connectivity index (χ4v) is 5.19. The molecule has 28 heavy (non-hydrogen) atoms. The van der Waals surface area contributed by atoms with Gasteiger partial charge in [-0.1, -0.05) is 11.8 Å². The molecule has 7 heteroatoms. The van der Waals surface area contributed by atoms with Crippen molar-refractivity contribution >= 4 is 40.0 Å². The fraction of sp³-hybridized carbons (Fsp3) is 0.190. The van der Waals surface area contributed by atoms with Crippen LogP contribution in [0.15, 0.2) is 46.8 Å². The lowest BCUT2D eigenvalue weighted by Crippen LogP contribution is -2.11. The van der Waals surface area contributed by atoms with E-state index in [0.29, 0.717) is 15.0 Å². The summed E-state index contributed by atoms with van der Waals surface area (Å²) in [6.07, 6.45) is 3.58. The van der Waals surface area contributed by atoms with Gasteiger partial charge in [-0.2, -0.15) is 0 Å². The summed E-state index contributed by atoms with van der Waals surface area (Å²) in [5.41, 5.74) is 4.15. The second-order valence-corrected chi connectivity index (χ2v) is 8.51. The maximum Gasteiger partial charge on any atom is 0.186 e. The lowest BCUT2D eigenvalue weighted by Gasteiger charge is -2.10. The summed E-state index contributed by atoms with van der Waals surface area (Å²) in [5, 5.41) is 11.1. The Labute approximate surface area is 171 Å².